The van der Waals surface area contributed by atoms with E-state index in [1.54, 1.807) is 0 Å². The predicted molar refractivity (Wildman–Crippen MR) is 109 cm³/mol. The van der Waals surface area contributed by atoms with E-state index in [9.17, 15) is 45.7 Å². The highest BCUT2D eigenvalue weighted by molar-refractivity contribution is 5.91. The van der Waals surface area contributed by atoms with Crippen LogP contribution in [0.4, 0.5) is 36.4 Å². The zero-order valence-electron chi connectivity index (χ0n) is 17.5. The van der Waals surface area contributed by atoms with Gasteiger partial charge in [-0.15, -0.1) is 0 Å². The number of aromatic nitrogens is 1. The standard InChI is InChI=1S/C22H19F7N2O3/c1-2-10-8-19(34,22(27,28)29)17(12-9-20(23,24)21(25,26)18(33)16(10)12)31-14-5-3-4-13-11(14)6-7-15(32)30-13/h3-7,9-10,17,31,33-34H,2,8H2,1H3,(H,30,32)/t10-,17+,19-/m1/s1. The highest BCUT2D eigenvalue weighted by Crippen LogP contribution is 2.56. The number of rotatable bonds is 3. The van der Waals surface area contributed by atoms with Gasteiger partial charge in [-0.25, -0.2) is 0 Å². The largest absolute Gasteiger partial charge is 0.506 e. The maximum atomic E-state index is 14.3. The third-order valence-corrected chi connectivity index (χ3v) is 6.42. The Balaban J connectivity index is 1.97. The number of aromatic amines is 1. The summed E-state index contributed by atoms with van der Waals surface area (Å²) in [4.78, 5) is 14.0. The number of halogens is 7. The van der Waals surface area contributed by atoms with Gasteiger partial charge in [-0.05, 0) is 48.6 Å². The van der Waals surface area contributed by atoms with Gasteiger partial charge in [0.05, 0.1) is 11.6 Å². The van der Waals surface area contributed by atoms with Crippen LogP contribution in [0.5, 0.6) is 0 Å². The Kier molecular flexibility index (Phi) is 5.31. The fourth-order valence-corrected chi connectivity index (χ4v) is 4.64. The van der Waals surface area contributed by atoms with Crippen LogP contribution >= 0.6 is 0 Å². The van der Waals surface area contributed by atoms with Crippen molar-refractivity contribution in [2.45, 2.75) is 49.4 Å². The minimum absolute atomic E-state index is 0.0863. The van der Waals surface area contributed by atoms with Crippen molar-refractivity contribution in [3.63, 3.8) is 0 Å². The van der Waals surface area contributed by atoms with Crippen LogP contribution in [-0.4, -0.2) is 44.9 Å². The van der Waals surface area contributed by atoms with Crippen molar-refractivity contribution in [1.82, 2.24) is 4.98 Å². The zero-order chi connectivity index (χ0) is 25.3. The van der Waals surface area contributed by atoms with E-state index in [1.807, 2.05) is 0 Å². The zero-order valence-corrected chi connectivity index (χ0v) is 17.5. The number of fused-ring (bicyclic) bond motifs is 2. The number of H-pyrrole nitrogens is 1. The van der Waals surface area contributed by atoms with Gasteiger partial charge in [-0.2, -0.15) is 30.7 Å². The summed E-state index contributed by atoms with van der Waals surface area (Å²) in [6.07, 6.45) is -7.05. The highest BCUT2D eigenvalue weighted by Gasteiger charge is 2.68. The molecule has 0 aliphatic heterocycles. The first kappa shape index (κ1) is 24.1. The third-order valence-electron chi connectivity index (χ3n) is 6.42. The van der Waals surface area contributed by atoms with Crippen LogP contribution in [0.3, 0.4) is 0 Å². The molecule has 1 saturated carbocycles. The molecule has 12 heteroatoms. The quantitative estimate of drug-likeness (QED) is 0.452. The normalized spacial score (nSPS) is 28.4. The van der Waals surface area contributed by atoms with Gasteiger partial charge in [0, 0.05) is 22.7 Å². The lowest BCUT2D eigenvalue weighted by atomic mass is 9.65. The Morgan fingerprint density at radius 2 is 1.82 bits per heavy atom. The van der Waals surface area contributed by atoms with E-state index >= 15 is 0 Å². The second-order valence-electron chi connectivity index (χ2n) is 8.46. The maximum Gasteiger partial charge on any atom is 0.419 e. The molecule has 4 N–H and O–H groups in total. The van der Waals surface area contributed by atoms with Gasteiger partial charge in [-0.3, -0.25) is 4.79 Å². The molecule has 0 radical (unpaired) electrons. The average molecular weight is 492 g/mol. The fourth-order valence-electron chi connectivity index (χ4n) is 4.64. The maximum absolute atomic E-state index is 14.3. The molecule has 3 atom stereocenters. The Hall–Kier alpha value is -3.02. The number of hydrogen-bond acceptors (Lipinski definition) is 4. The Labute approximate surface area is 187 Å². The van der Waals surface area contributed by atoms with Crippen LogP contribution in [0.25, 0.3) is 10.9 Å². The number of benzene rings is 1. The van der Waals surface area contributed by atoms with E-state index in [4.69, 9.17) is 0 Å². The summed E-state index contributed by atoms with van der Waals surface area (Å²) in [5.74, 6) is -13.5. The molecule has 5 nitrogen and oxygen atoms in total. The lowest BCUT2D eigenvalue weighted by Gasteiger charge is -2.49. The minimum Gasteiger partial charge on any atom is -0.506 e. The summed E-state index contributed by atoms with van der Waals surface area (Å²) >= 11 is 0. The Bertz CT molecular complexity index is 1270. The van der Waals surface area contributed by atoms with Crippen LogP contribution in [0.2, 0.25) is 0 Å². The topological polar surface area (TPSA) is 85.4 Å². The molecular weight excluding hydrogens is 473 g/mol. The fraction of sp³-hybridized carbons (Fsp3) is 0.409. The first-order valence-corrected chi connectivity index (χ1v) is 10.2. The van der Waals surface area contributed by atoms with E-state index in [-0.39, 0.29) is 29.1 Å². The number of pyridine rings is 1. The van der Waals surface area contributed by atoms with Crippen LogP contribution in [0.1, 0.15) is 19.8 Å². The lowest BCUT2D eigenvalue weighted by Crippen LogP contribution is -2.63. The van der Waals surface area contributed by atoms with Crippen molar-refractivity contribution in [1.29, 1.82) is 0 Å². The summed E-state index contributed by atoms with van der Waals surface area (Å²) in [5, 5.41) is 23.5. The molecule has 1 aromatic heterocycles. The Morgan fingerprint density at radius 1 is 1.15 bits per heavy atom. The van der Waals surface area contributed by atoms with Crippen LogP contribution in [-0.2, 0) is 0 Å². The molecule has 184 valence electrons. The second-order valence-corrected chi connectivity index (χ2v) is 8.46. The van der Waals surface area contributed by atoms with Gasteiger partial charge in [-0.1, -0.05) is 13.0 Å². The third kappa shape index (κ3) is 3.38. The van der Waals surface area contributed by atoms with Crippen LogP contribution < -0.4 is 10.9 Å². The number of anilines is 1. The van der Waals surface area contributed by atoms with Gasteiger partial charge in [0.15, 0.2) is 11.4 Å². The molecule has 0 amide bonds. The molecule has 4 rings (SSSR count). The van der Waals surface area contributed by atoms with Gasteiger partial charge >= 0.3 is 18.0 Å². The van der Waals surface area contributed by atoms with Crippen LogP contribution in [0.15, 0.2) is 58.1 Å². The molecular formula is C22H19F7N2O3. The smallest absolute Gasteiger partial charge is 0.419 e. The van der Waals surface area contributed by atoms with Crippen molar-refractivity contribution in [3.05, 3.63) is 63.7 Å². The molecule has 2 aliphatic rings. The molecule has 2 aromatic rings. The van der Waals surface area contributed by atoms with E-state index in [0.717, 1.165) is 6.07 Å². The predicted octanol–water partition coefficient (Wildman–Crippen LogP) is 5.05. The van der Waals surface area contributed by atoms with E-state index < -0.39 is 64.5 Å². The molecule has 1 heterocycles. The molecule has 0 unspecified atom stereocenters. The Morgan fingerprint density at radius 3 is 2.44 bits per heavy atom. The number of alkyl halides is 7. The number of hydrogen-bond donors (Lipinski definition) is 4. The summed E-state index contributed by atoms with van der Waals surface area (Å²) < 4.78 is 99.7. The molecule has 1 aromatic carbocycles. The lowest BCUT2D eigenvalue weighted by molar-refractivity contribution is -0.271. The van der Waals surface area contributed by atoms with Crippen molar-refractivity contribution in [3.8, 4) is 0 Å². The number of allylic oxidation sites excluding steroid dienone is 2. The summed E-state index contributed by atoms with van der Waals surface area (Å²) in [5.41, 5.74) is -5.76. The molecule has 0 bridgehead atoms. The molecule has 0 spiro atoms. The second kappa shape index (κ2) is 7.49. The highest BCUT2D eigenvalue weighted by atomic mass is 19.4. The molecule has 2 aliphatic carbocycles. The van der Waals surface area contributed by atoms with E-state index in [1.165, 1.54) is 31.2 Å². The van der Waals surface area contributed by atoms with Crippen molar-refractivity contribution in [2.24, 2.45) is 5.92 Å². The summed E-state index contributed by atoms with van der Waals surface area (Å²) in [7, 11) is 0. The average Bonchev–Trinajstić information content (AvgIpc) is 2.73. The van der Waals surface area contributed by atoms with E-state index in [2.05, 4.69) is 10.3 Å². The molecule has 34 heavy (non-hydrogen) atoms. The summed E-state index contributed by atoms with van der Waals surface area (Å²) in [6, 6.07) is 4.07. The van der Waals surface area contributed by atoms with Crippen LogP contribution in [0, 0.1) is 5.92 Å². The minimum atomic E-state index is -5.35. The van der Waals surface area contributed by atoms with Gasteiger partial charge < -0.3 is 20.5 Å². The van der Waals surface area contributed by atoms with Gasteiger partial charge in [0.1, 0.15) is 0 Å². The number of aliphatic hydroxyl groups is 2. The van der Waals surface area contributed by atoms with Gasteiger partial charge in [0.2, 0.25) is 5.56 Å². The SMILES string of the molecule is CC[C@@H]1C[C@](O)(C(F)(F)F)[C@@H](Nc2cccc3[nH]c(=O)ccc23)C2=CC(F)(F)C(F)(F)C(O)=C21. The number of aliphatic hydroxyl groups excluding tert-OH is 1. The molecule has 0 saturated heterocycles. The molecule has 1 fully saturated rings. The first-order valence-electron chi connectivity index (χ1n) is 10.2. The monoisotopic (exact) mass is 492 g/mol. The van der Waals surface area contributed by atoms with Crippen molar-refractivity contribution >= 4 is 16.6 Å². The van der Waals surface area contributed by atoms with Crippen molar-refractivity contribution < 1.29 is 40.9 Å². The number of nitrogens with one attached hydrogen (secondary N) is 2. The first-order chi connectivity index (χ1) is 15.6. The van der Waals surface area contributed by atoms with Crippen molar-refractivity contribution in [2.75, 3.05) is 5.32 Å². The van der Waals surface area contributed by atoms with Gasteiger partial charge in [0.25, 0.3) is 0 Å². The van der Waals surface area contributed by atoms with E-state index in [0.29, 0.717) is 0 Å². The summed E-state index contributed by atoms with van der Waals surface area (Å²) in [6.45, 7) is 1.33.